The van der Waals surface area contributed by atoms with Crippen LogP contribution in [0.5, 0.6) is 0 Å². The molecule has 1 saturated carbocycles. The first-order valence-corrected chi connectivity index (χ1v) is 7.47. The first-order chi connectivity index (χ1) is 8.70. The predicted molar refractivity (Wildman–Crippen MR) is 72.2 cm³/mol. The van der Waals surface area contributed by atoms with E-state index in [-0.39, 0.29) is 12.7 Å². The molecule has 100 valence electrons. The summed E-state index contributed by atoms with van der Waals surface area (Å²) < 4.78 is 5.62. The minimum Gasteiger partial charge on any atom is -0.391 e. The van der Waals surface area contributed by atoms with Crippen LogP contribution >= 0.6 is 11.3 Å². The van der Waals surface area contributed by atoms with Gasteiger partial charge in [-0.1, -0.05) is 11.3 Å². The molecule has 1 N–H and O–H groups in total. The van der Waals surface area contributed by atoms with Crippen molar-refractivity contribution in [3.05, 3.63) is 10.6 Å². The van der Waals surface area contributed by atoms with Crippen LogP contribution in [0.3, 0.4) is 0 Å². The minimum absolute atomic E-state index is 0.119. The van der Waals surface area contributed by atoms with Crippen LogP contribution in [0.15, 0.2) is 0 Å². The van der Waals surface area contributed by atoms with Gasteiger partial charge in [-0.05, 0) is 26.2 Å². The Labute approximate surface area is 112 Å². The highest BCUT2D eigenvalue weighted by Gasteiger charge is 2.33. The molecular weight excluding hydrogens is 248 g/mol. The summed E-state index contributed by atoms with van der Waals surface area (Å²) in [6.45, 7) is 3.08. The summed E-state index contributed by atoms with van der Waals surface area (Å²) in [5, 5.41) is 10.5. The summed E-state index contributed by atoms with van der Waals surface area (Å²) in [5.41, 5.74) is 1.14. The lowest BCUT2D eigenvalue weighted by Crippen LogP contribution is -2.36. The Morgan fingerprint density at radius 3 is 2.78 bits per heavy atom. The van der Waals surface area contributed by atoms with Crippen molar-refractivity contribution >= 4 is 16.5 Å². The van der Waals surface area contributed by atoms with Gasteiger partial charge in [0.1, 0.15) is 0 Å². The second kappa shape index (κ2) is 4.79. The predicted octanol–water partition coefficient (Wildman–Crippen LogP) is 2.13. The number of aliphatic hydroxyl groups is 1. The lowest BCUT2D eigenvalue weighted by Gasteiger charge is -2.26. The summed E-state index contributed by atoms with van der Waals surface area (Å²) in [4.78, 5) is 8.03. The average molecular weight is 268 g/mol. The number of ether oxygens (including phenoxy) is 1. The van der Waals surface area contributed by atoms with Crippen LogP contribution in [-0.2, 0) is 11.3 Å². The Kier molecular flexibility index (Phi) is 3.30. The van der Waals surface area contributed by atoms with E-state index in [9.17, 15) is 5.11 Å². The molecule has 5 heteroatoms. The quantitative estimate of drug-likeness (QED) is 0.908. The van der Waals surface area contributed by atoms with E-state index in [0.29, 0.717) is 12.0 Å². The molecule has 2 atom stereocenters. The first-order valence-electron chi connectivity index (χ1n) is 6.65. The van der Waals surface area contributed by atoms with E-state index >= 15 is 0 Å². The van der Waals surface area contributed by atoms with E-state index in [2.05, 4.69) is 18.9 Å². The molecule has 2 heterocycles. The maximum Gasteiger partial charge on any atom is 0.185 e. The Balaban J connectivity index is 1.82. The normalized spacial score (nSPS) is 27.7. The van der Waals surface area contributed by atoms with Crippen LogP contribution in [0.2, 0.25) is 0 Å². The zero-order valence-corrected chi connectivity index (χ0v) is 11.7. The van der Waals surface area contributed by atoms with Crippen molar-refractivity contribution in [2.75, 3.05) is 18.6 Å². The molecule has 1 aliphatic carbocycles. The Hall–Kier alpha value is -0.650. The van der Waals surface area contributed by atoms with Crippen LogP contribution in [-0.4, -0.2) is 35.9 Å². The molecule has 3 rings (SSSR count). The zero-order chi connectivity index (χ0) is 12.7. The molecule has 0 aromatic carbocycles. The standard InChI is InChI=1S/C13H20N2O2S/c1-8-10(5-6-17-8)15(2)13-14-12(9-3-4-9)11(7-16)18-13/h8-10,16H,3-7H2,1-2H3. The summed E-state index contributed by atoms with van der Waals surface area (Å²) in [7, 11) is 2.09. The lowest BCUT2D eigenvalue weighted by molar-refractivity contribution is 0.118. The van der Waals surface area contributed by atoms with Gasteiger partial charge in [0.2, 0.25) is 0 Å². The van der Waals surface area contributed by atoms with Gasteiger partial charge in [0.05, 0.1) is 29.3 Å². The summed E-state index contributed by atoms with van der Waals surface area (Å²) >= 11 is 1.63. The second-order valence-corrected chi connectivity index (χ2v) is 6.34. The number of thiazole rings is 1. The molecule has 2 unspecified atom stereocenters. The third-order valence-electron chi connectivity index (χ3n) is 3.96. The van der Waals surface area contributed by atoms with Crippen LogP contribution in [0.1, 0.15) is 42.7 Å². The van der Waals surface area contributed by atoms with Crippen LogP contribution in [0, 0.1) is 0 Å². The fraction of sp³-hybridized carbons (Fsp3) is 0.769. The minimum atomic E-state index is 0.119. The van der Waals surface area contributed by atoms with Gasteiger partial charge in [0.15, 0.2) is 5.13 Å². The number of anilines is 1. The van der Waals surface area contributed by atoms with Crippen molar-refractivity contribution in [1.82, 2.24) is 4.98 Å². The molecule has 0 radical (unpaired) electrons. The fourth-order valence-electron chi connectivity index (χ4n) is 2.66. The molecule has 1 aromatic rings. The highest BCUT2D eigenvalue weighted by atomic mass is 32.1. The third kappa shape index (κ3) is 2.15. The van der Waals surface area contributed by atoms with Crippen molar-refractivity contribution in [2.45, 2.75) is 50.9 Å². The lowest BCUT2D eigenvalue weighted by atomic mass is 10.1. The van der Waals surface area contributed by atoms with Crippen molar-refractivity contribution in [1.29, 1.82) is 0 Å². The molecule has 1 aromatic heterocycles. The number of nitrogens with zero attached hydrogens (tertiary/aromatic N) is 2. The number of hydrogen-bond acceptors (Lipinski definition) is 5. The number of hydrogen-bond donors (Lipinski definition) is 1. The molecule has 1 aliphatic heterocycles. The number of rotatable bonds is 4. The van der Waals surface area contributed by atoms with E-state index in [1.807, 2.05) is 0 Å². The van der Waals surface area contributed by atoms with Gasteiger partial charge < -0.3 is 14.7 Å². The number of aliphatic hydroxyl groups excluding tert-OH is 1. The third-order valence-corrected chi connectivity index (χ3v) is 5.11. The molecule has 18 heavy (non-hydrogen) atoms. The van der Waals surface area contributed by atoms with Crippen LogP contribution in [0.25, 0.3) is 0 Å². The van der Waals surface area contributed by atoms with E-state index in [1.165, 1.54) is 12.8 Å². The first kappa shape index (κ1) is 12.4. The highest BCUT2D eigenvalue weighted by molar-refractivity contribution is 7.15. The highest BCUT2D eigenvalue weighted by Crippen LogP contribution is 2.44. The second-order valence-electron chi connectivity index (χ2n) is 5.28. The van der Waals surface area contributed by atoms with Gasteiger partial charge in [-0.3, -0.25) is 0 Å². The smallest absolute Gasteiger partial charge is 0.185 e. The van der Waals surface area contributed by atoms with Crippen LogP contribution < -0.4 is 4.90 Å². The van der Waals surface area contributed by atoms with Gasteiger partial charge in [0, 0.05) is 19.6 Å². The van der Waals surface area contributed by atoms with Crippen molar-refractivity contribution < 1.29 is 9.84 Å². The van der Waals surface area contributed by atoms with Gasteiger partial charge in [-0.25, -0.2) is 4.98 Å². The molecule has 2 fully saturated rings. The van der Waals surface area contributed by atoms with Crippen LogP contribution in [0.4, 0.5) is 5.13 Å². The topological polar surface area (TPSA) is 45.6 Å². The summed E-state index contributed by atoms with van der Waals surface area (Å²) in [6.07, 6.45) is 3.77. The fourth-order valence-corrected chi connectivity index (χ4v) is 3.69. The van der Waals surface area contributed by atoms with E-state index in [1.54, 1.807) is 11.3 Å². The monoisotopic (exact) mass is 268 g/mol. The maximum atomic E-state index is 9.43. The summed E-state index contributed by atoms with van der Waals surface area (Å²) in [6, 6.07) is 0.412. The van der Waals surface area contributed by atoms with E-state index in [0.717, 1.165) is 28.7 Å². The zero-order valence-electron chi connectivity index (χ0n) is 10.9. The van der Waals surface area contributed by atoms with E-state index in [4.69, 9.17) is 9.72 Å². The molecule has 0 amide bonds. The van der Waals surface area contributed by atoms with Gasteiger partial charge in [-0.15, -0.1) is 0 Å². The Bertz CT molecular complexity index is 431. The van der Waals surface area contributed by atoms with Gasteiger partial charge in [-0.2, -0.15) is 0 Å². The maximum absolute atomic E-state index is 9.43. The van der Waals surface area contributed by atoms with Crippen molar-refractivity contribution in [3.8, 4) is 0 Å². The summed E-state index contributed by atoms with van der Waals surface area (Å²) in [5.74, 6) is 0.600. The van der Waals surface area contributed by atoms with Gasteiger partial charge in [0.25, 0.3) is 0 Å². The molecule has 2 aliphatic rings. The molecular formula is C13H20N2O2S. The van der Waals surface area contributed by atoms with Gasteiger partial charge >= 0.3 is 0 Å². The van der Waals surface area contributed by atoms with Crippen molar-refractivity contribution in [2.24, 2.45) is 0 Å². The largest absolute Gasteiger partial charge is 0.391 e. The molecule has 0 bridgehead atoms. The Morgan fingerprint density at radius 2 is 2.22 bits per heavy atom. The van der Waals surface area contributed by atoms with E-state index < -0.39 is 0 Å². The molecule has 0 spiro atoms. The molecule has 1 saturated heterocycles. The van der Waals surface area contributed by atoms with Crippen molar-refractivity contribution in [3.63, 3.8) is 0 Å². The number of likely N-dealkylation sites (N-methyl/N-ethyl adjacent to an activating group) is 1. The Morgan fingerprint density at radius 1 is 1.44 bits per heavy atom. The average Bonchev–Trinajstić information content (AvgIpc) is 2.98. The molecule has 4 nitrogen and oxygen atoms in total. The SMILES string of the molecule is CC1OCCC1N(C)c1nc(C2CC2)c(CO)s1. The number of aromatic nitrogens is 1.